The van der Waals surface area contributed by atoms with E-state index < -0.39 is 6.10 Å². The molecule has 0 radical (unpaired) electrons. The Kier molecular flexibility index (Phi) is 4.51. The van der Waals surface area contributed by atoms with E-state index in [1.165, 1.54) is 0 Å². The van der Waals surface area contributed by atoms with Crippen molar-refractivity contribution < 1.29 is 14.4 Å². The average Bonchev–Trinajstić information content (AvgIpc) is 3.08. The highest BCUT2D eigenvalue weighted by atomic mass is 16.6. The van der Waals surface area contributed by atoms with Gasteiger partial charge in [0.25, 0.3) is 5.91 Å². The van der Waals surface area contributed by atoms with Gasteiger partial charge in [-0.2, -0.15) is 0 Å². The Bertz CT molecular complexity index is 761. The summed E-state index contributed by atoms with van der Waals surface area (Å²) in [4.78, 5) is 17.8. The lowest BCUT2D eigenvalue weighted by Crippen LogP contribution is -2.28. The van der Waals surface area contributed by atoms with Crippen molar-refractivity contribution in [3.63, 3.8) is 0 Å². The number of rotatable bonds is 4. The largest absolute Gasteiger partial charge is 0.497 e. The Balaban J connectivity index is 1.66. The minimum atomic E-state index is -0.610. The van der Waals surface area contributed by atoms with Crippen LogP contribution in [-0.4, -0.2) is 24.8 Å². The molecule has 5 nitrogen and oxygen atoms in total. The van der Waals surface area contributed by atoms with E-state index in [0.29, 0.717) is 6.42 Å². The number of para-hydroxylation sites is 1. The number of oxime groups is 1. The molecule has 0 saturated heterocycles. The fourth-order valence-electron chi connectivity index (χ4n) is 2.69. The molecule has 124 valence electrons. The summed E-state index contributed by atoms with van der Waals surface area (Å²) in [5.74, 6) is 0.599. The van der Waals surface area contributed by atoms with Crippen molar-refractivity contribution in [1.82, 2.24) is 0 Å². The van der Waals surface area contributed by atoms with Gasteiger partial charge in [-0.15, -0.1) is 0 Å². The van der Waals surface area contributed by atoms with Crippen molar-refractivity contribution in [3.8, 4) is 5.75 Å². The molecular formula is C19H20N2O3. The quantitative estimate of drug-likeness (QED) is 0.937. The smallest absolute Gasteiger partial charge is 0.268 e. The van der Waals surface area contributed by atoms with Gasteiger partial charge in [0.2, 0.25) is 6.10 Å². The van der Waals surface area contributed by atoms with Crippen LogP contribution < -0.4 is 10.1 Å². The lowest BCUT2D eigenvalue weighted by atomic mass is 10.0. The van der Waals surface area contributed by atoms with Crippen molar-refractivity contribution in [1.29, 1.82) is 0 Å². The van der Waals surface area contributed by atoms with Gasteiger partial charge < -0.3 is 14.9 Å². The highest BCUT2D eigenvalue weighted by Crippen LogP contribution is 2.23. The summed E-state index contributed by atoms with van der Waals surface area (Å²) in [6.45, 7) is 3.94. The van der Waals surface area contributed by atoms with Gasteiger partial charge in [0.15, 0.2) is 0 Å². The molecular weight excluding hydrogens is 304 g/mol. The Morgan fingerprint density at radius 3 is 2.46 bits per heavy atom. The van der Waals surface area contributed by atoms with E-state index in [2.05, 4.69) is 10.5 Å². The zero-order valence-corrected chi connectivity index (χ0v) is 14.0. The number of hydrogen-bond donors (Lipinski definition) is 1. The summed E-state index contributed by atoms with van der Waals surface area (Å²) in [6, 6.07) is 13.5. The molecule has 0 bridgehead atoms. The standard InChI is InChI=1S/C19H20N2O3/c1-12-5-4-6-13(2)18(12)20-19(22)17-11-16(21-24-17)14-7-9-15(23-3)10-8-14/h4-10,17H,11H2,1-3H3,(H,20,22)/t17-/m0/s1. The van der Waals surface area contributed by atoms with Gasteiger partial charge in [-0.05, 0) is 54.8 Å². The van der Waals surface area contributed by atoms with Crippen molar-refractivity contribution in [2.24, 2.45) is 5.16 Å². The molecule has 1 amide bonds. The van der Waals surface area contributed by atoms with Crippen LogP contribution in [0.4, 0.5) is 5.69 Å². The van der Waals surface area contributed by atoms with E-state index in [1.807, 2.05) is 56.3 Å². The van der Waals surface area contributed by atoms with Gasteiger partial charge in [0, 0.05) is 12.1 Å². The Labute approximate surface area is 141 Å². The van der Waals surface area contributed by atoms with E-state index in [4.69, 9.17) is 9.57 Å². The molecule has 1 aliphatic heterocycles. The molecule has 0 fully saturated rings. The molecule has 2 aromatic carbocycles. The van der Waals surface area contributed by atoms with Gasteiger partial charge in [0.1, 0.15) is 5.75 Å². The van der Waals surface area contributed by atoms with Crippen LogP contribution in [0.2, 0.25) is 0 Å². The molecule has 0 aromatic heterocycles. The number of methoxy groups -OCH3 is 1. The highest BCUT2D eigenvalue weighted by molar-refractivity contribution is 6.06. The molecule has 5 heteroatoms. The Morgan fingerprint density at radius 2 is 1.83 bits per heavy atom. The van der Waals surface area contributed by atoms with E-state index in [9.17, 15) is 4.79 Å². The van der Waals surface area contributed by atoms with E-state index in [-0.39, 0.29) is 5.91 Å². The van der Waals surface area contributed by atoms with Crippen molar-refractivity contribution in [3.05, 3.63) is 59.2 Å². The second-order valence-corrected chi connectivity index (χ2v) is 5.82. The first-order chi connectivity index (χ1) is 11.6. The summed E-state index contributed by atoms with van der Waals surface area (Å²) in [6.07, 6.45) is -0.163. The zero-order valence-electron chi connectivity index (χ0n) is 14.0. The number of carbonyl (C=O) groups is 1. The third-order valence-electron chi connectivity index (χ3n) is 4.11. The number of carbonyl (C=O) groups excluding carboxylic acids is 1. The number of nitrogens with zero attached hydrogens (tertiary/aromatic N) is 1. The molecule has 1 aliphatic rings. The lowest BCUT2D eigenvalue weighted by Gasteiger charge is -2.13. The summed E-state index contributed by atoms with van der Waals surface area (Å²) < 4.78 is 5.14. The molecule has 2 aromatic rings. The maximum atomic E-state index is 12.5. The summed E-state index contributed by atoms with van der Waals surface area (Å²) in [5.41, 5.74) is 4.58. The van der Waals surface area contributed by atoms with Crippen LogP contribution in [0.1, 0.15) is 23.1 Å². The number of nitrogens with one attached hydrogen (secondary N) is 1. The fourth-order valence-corrected chi connectivity index (χ4v) is 2.69. The maximum absolute atomic E-state index is 12.5. The molecule has 3 rings (SSSR count). The predicted octanol–water partition coefficient (Wildman–Crippen LogP) is 3.44. The van der Waals surface area contributed by atoms with Crippen molar-refractivity contribution in [2.45, 2.75) is 26.4 Å². The van der Waals surface area contributed by atoms with Crippen LogP contribution in [0.3, 0.4) is 0 Å². The van der Waals surface area contributed by atoms with Gasteiger partial charge in [0.05, 0.1) is 12.8 Å². The normalized spacial score (nSPS) is 16.3. The van der Waals surface area contributed by atoms with Crippen LogP contribution in [0.15, 0.2) is 47.6 Å². The SMILES string of the molecule is COc1ccc(C2=NO[C@H](C(=O)Nc3c(C)cccc3C)C2)cc1. The third kappa shape index (κ3) is 3.25. The number of aryl methyl sites for hydroxylation is 2. The molecule has 1 heterocycles. The predicted molar refractivity (Wildman–Crippen MR) is 93.6 cm³/mol. The van der Waals surface area contributed by atoms with Gasteiger partial charge in [-0.3, -0.25) is 4.79 Å². The van der Waals surface area contributed by atoms with Crippen LogP contribution in [0, 0.1) is 13.8 Å². The topological polar surface area (TPSA) is 59.9 Å². The van der Waals surface area contributed by atoms with E-state index >= 15 is 0 Å². The molecule has 0 saturated carbocycles. The van der Waals surface area contributed by atoms with Crippen molar-refractivity contribution >= 4 is 17.3 Å². The molecule has 0 aliphatic carbocycles. The molecule has 0 spiro atoms. The molecule has 1 N–H and O–H groups in total. The number of hydrogen-bond acceptors (Lipinski definition) is 4. The monoisotopic (exact) mass is 324 g/mol. The number of benzene rings is 2. The average molecular weight is 324 g/mol. The number of amides is 1. The molecule has 0 unspecified atom stereocenters. The van der Waals surface area contributed by atoms with Gasteiger partial charge >= 0.3 is 0 Å². The van der Waals surface area contributed by atoms with Crippen LogP contribution in [-0.2, 0) is 9.63 Å². The summed E-state index contributed by atoms with van der Waals surface area (Å²) in [5, 5.41) is 7.02. The first-order valence-electron chi connectivity index (χ1n) is 7.82. The zero-order chi connectivity index (χ0) is 17.1. The second kappa shape index (κ2) is 6.74. The van der Waals surface area contributed by atoms with Crippen LogP contribution >= 0.6 is 0 Å². The summed E-state index contributed by atoms with van der Waals surface area (Å²) in [7, 11) is 1.62. The Hall–Kier alpha value is -2.82. The first kappa shape index (κ1) is 16.1. The lowest BCUT2D eigenvalue weighted by molar-refractivity contribution is -0.125. The summed E-state index contributed by atoms with van der Waals surface area (Å²) >= 11 is 0. The van der Waals surface area contributed by atoms with Crippen LogP contribution in [0.25, 0.3) is 0 Å². The minimum Gasteiger partial charge on any atom is -0.497 e. The second-order valence-electron chi connectivity index (χ2n) is 5.82. The number of anilines is 1. The van der Waals surface area contributed by atoms with E-state index in [1.54, 1.807) is 7.11 Å². The van der Waals surface area contributed by atoms with Crippen LogP contribution in [0.5, 0.6) is 5.75 Å². The Morgan fingerprint density at radius 1 is 1.17 bits per heavy atom. The number of ether oxygens (including phenoxy) is 1. The van der Waals surface area contributed by atoms with Crippen molar-refractivity contribution in [2.75, 3.05) is 12.4 Å². The highest BCUT2D eigenvalue weighted by Gasteiger charge is 2.29. The maximum Gasteiger partial charge on any atom is 0.268 e. The van der Waals surface area contributed by atoms with Gasteiger partial charge in [-0.1, -0.05) is 23.4 Å². The fraction of sp³-hybridized carbons (Fsp3) is 0.263. The first-order valence-corrected chi connectivity index (χ1v) is 7.82. The third-order valence-corrected chi connectivity index (χ3v) is 4.11. The molecule has 1 atom stereocenters. The molecule has 24 heavy (non-hydrogen) atoms. The van der Waals surface area contributed by atoms with Gasteiger partial charge in [-0.25, -0.2) is 0 Å². The van der Waals surface area contributed by atoms with E-state index in [0.717, 1.165) is 33.8 Å². The minimum absolute atomic E-state index is 0.181.